The number of carbonyl (C=O) groups is 3. The molecule has 4 N–H and O–H groups in total. The van der Waals surface area contributed by atoms with Crippen LogP contribution < -0.4 is 11.1 Å². The second-order valence-corrected chi connectivity index (χ2v) is 14.6. The number of hydrogen-bond acceptors (Lipinski definition) is 11. The van der Waals surface area contributed by atoms with Gasteiger partial charge in [-0.1, -0.05) is 21.6 Å². The van der Waals surface area contributed by atoms with E-state index in [1.165, 1.54) is 6.92 Å². The molecule has 1 heterocycles. The van der Waals surface area contributed by atoms with Crippen molar-refractivity contribution in [1.29, 1.82) is 0 Å². The van der Waals surface area contributed by atoms with Crippen LogP contribution in [0.5, 0.6) is 0 Å². The molecule has 1 aromatic rings. The second-order valence-electron chi connectivity index (χ2n) is 7.97. The van der Waals surface area contributed by atoms with Gasteiger partial charge in [0.2, 0.25) is 5.91 Å². The number of amides is 1. The summed E-state index contributed by atoms with van der Waals surface area (Å²) in [4.78, 5) is 33.8. The normalized spacial score (nSPS) is 14.0. The first-order chi connectivity index (χ1) is 17.6. The highest BCUT2D eigenvalue weighted by molar-refractivity contribution is 8.76. The van der Waals surface area contributed by atoms with Crippen molar-refractivity contribution < 1.29 is 45.8 Å². The van der Waals surface area contributed by atoms with E-state index in [9.17, 15) is 31.2 Å². The average molecular weight is 643 g/mol. The SMILES string of the molecule is CSCCC(N)CSSCC(Cc1ccsc1)C(=O)NC(C)C(=O)OCCS(C)(=O)=O.O=C(O)C(F)(F)F. The van der Waals surface area contributed by atoms with Gasteiger partial charge in [-0.3, -0.25) is 4.79 Å². The molecule has 0 aliphatic heterocycles. The standard InChI is InChI=1S/C19H32N2O5S5.C2HF3O2/c1-14(19(23)26-6-9-31(3,24)25)21-18(22)16(10-15-4-8-28-11-15)12-29-30-13-17(20)5-7-27-2;3-2(4,5)1(6)7/h4,8,11,14,16-17H,5-7,9-10,12-13,20H2,1-3H3,(H,21,22);(H,6,7). The van der Waals surface area contributed by atoms with E-state index in [1.54, 1.807) is 44.7 Å². The highest BCUT2D eigenvalue weighted by Crippen LogP contribution is 2.27. The van der Waals surface area contributed by atoms with Crippen LogP contribution in [0.1, 0.15) is 18.9 Å². The zero-order valence-corrected chi connectivity index (χ0v) is 25.1. The molecule has 17 heteroatoms. The first kappa shape index (κ1) is 36.9. The molecule has 1 amide bonds. The summed E-state index contributed by atoms with van der Waals surface area (Å²) < 4.78 is 59.0. The fourth-order valence-corrected chi connectivity index (χ4v) is 6.52. The Morgan fingerprint density at radius 1 is 1.24 bits per heavy atom. The van der Waals surface area contributed by atoms with Crippen molar-refractivity contribution in [1.82, 2.24) is 5.32 Å². The van der Waals surface area contributed by atoms with Crippen molar-refractivity contribution >= 4 is 72.4 Å². The predicted molar refractivity (Wildman–Crippen MR) is 149 cm³/mol. The summed E-state index contributed by atoms with van der Waals surface area (Å²) >= 11 is 3.36. The number of carboxylic acid groups (broad SMARTS) is 1. The van der Waals surface area contributed by atoms with Crippen molar-refractivity contribution in [2.24, 2.45) is 11.7 Å². The highest BCUT2D eigenvalue weighted by Gasteiger charge is 2.38. The molecule has 220 valence electrons. The lowest BCUT2D eigenvalue weighted by molar-refractivity contribution is -0.192. The number of carboxylic acids is 1. The fraction of sp³-hybridized carbons (Fsp3) is 0.667. The van der Waals surface area contributed by atoms with Crippen molar-refractivity contribution in [3.63, 3.8) is 0 Å². The Balaban J connectivity index is 0.00000171. The van der Waals surface area contributed by atoms with Crippen molar-refractivity contribution in [2.45, 2.75) is 38.0 Å². The van der Waals surface area contributed by atoms with Crippen LogP contribution in [0, 0.1) is 5.92 Å². The summed E-state index contributed by atoms with van der Waals surface area (Å²) in [5.74, 6) is -1.72. The Morgan fingerprint density at radius 2 is 1.84 bits per heavy atom. The van der Waals surface area contributed by atoms with Gasteiger partial charge in [0.05, 0.1) is 11.7 Å². The lowest BCUT2D eigenvalue weighted by atomic mass is 10.0. The maximum atomic E-state index is 12.8. The molecule has 0 saturated carbocycles. The number of halogens is 3. The van der Waals surface area contributed by atoms with E-state index < -0.39 is 34.0 Å². The summed E-state index contributed by atoms with van der Waals surface area (Å²) in [6, 6.07) is 1.27. The van der Waals surface area contributed by atoms with Gasteiger partial charge in [-0.2, -0.15) is 36.3 Å². The number of hydrogen-bond donors (Lipinski definition) is 3. The third-order valence-electron chi connectivity index (χ3n) is 4.41. The Kier molecular flexibility index (Phi) is 18.5. The summed E-state index contributed by atoms with van der Waals surface area (Å²) in [6.45, 7) is 1.31. The molecule has 0 saturated heterocycles. The minimum atomic E-state index is -5.08. The molecule has 3 unspecified atom stereocenters. The van der Waals surface area contributed by atoms with E-state index in [1.807, 2.05) is 16.8 Å². The molecule has 0 aromatic carbocycles. The molecule has 0 aliphatic carbocycles. The highest BCUT2D eigenvalue weighted by atomic mass is 33.1. The van der Waals surface area contributed by atoms with Gasteiger partial charge in [0.15, 0.2) is 9.84 Å². The molecule has 0 bridgehead atoms. The zero-order chi connectivity index (χ0) is 29.4. The summed E-state index contributed by atoms with van der Waals surface area (Å²) in [7, 11) is 0.0660. The first-order valence-corrected chi connectivity index (χ1v) is 17.9. The van der Waals surface area contributed by atoms with Crippen LogP contribution in [0.3, 0.4) is 0 Å². The van der Waals surface area contributed by atoms with Crippen LogP contribution in [0.15, 0.2) is 16.8 Å². The third-order valence-corrected chi connectivity index (χ3v) is 9.28. The molecule has 3 atom stereocenters. The van der Waals surface area contributed by atoms with Crippen LogP contribution in [-0.4, -0.2) is 91.8 Å². The molecular weight excluding hydrogens is 610 g/mol. The van der Waals surface area contributed by atoms with Gasteiger partial charge in [-0.05, 0) is 54.2 Å². The van der Waals surface area contributed by atoms with Gasteiger partial charge in [0.25, 0.3) is 0 Å². The van der Waals surface area contributed by atoms with Gasteiger partial charge < -0.3 is 20.9 Å². The van der Waals surface area contributed by atoms with E-state index in [-0.39, 0.29) is 30.2 Å². The topological polar surface area (TPSA) is 153 Å². The van der Waals surface area contributed by atoms with Crippen molar-refractivity contribution in [3.05, 3.63) is 22.4 Å². The number of alkyl halides is 3. The van der Waals surface area contributed by atoms with Crippen molar-refractivity contribution in [2.75, 3.05) is 42.1 Å². The van der Waals surface area contributed by atoms with Crippen LogP contribution in [0.2, 0.25) is 0 Å². The number of nitrogens with one attached hydrogen (secondary N) is 1. The third kappa shape index (κ3) is 19.0. The summed E-state index contributed by atoms with van der Waals surface area (Å²) in [6.07, 6.45) is -0.402. The smallest absolute Gasteiger partial charge is 0.475 e. The number of thioether (sulfide) groups is 1. The molecule has 1 rings (SSSR count). The maximum absolute atomic E-state index is 12.8. The number of aliphatic carboxylic acids is 1. The van der Waals surface area contributed by atoms with E-state index in [2.05, 4.69) is 11.6 Å². The van der Waals surface area contributed by atoms with E-state index in [0.29, 0.717) is 12.2 Å². The Hall–Kier alpha value is -1.14. The molecule has 9 nitrogen and oxygen atoms in total. The van der Waals surface area contributed by atoms with Gasteiger partial charge in [-0.25, -0.2) is 18.0 Å². The number of carbonyl (C=O) groups excluding carboxylic acids is 2. The predicted octanol–water partition coefficient (Wildman–Crippen LogP) is 3.09. The van der Waals surface area contributed by atoms with Crippen LogP contribution in [0.4, 0.5) is 13.2 Å². The number of nitrogens with two attached hydrogens (primary N) is 1. The van der Waals surface area contributed by atoms with Crippen LogP contribution in [0.25, 0.3) is 0 Å². The van der Waals surface area contributed by atoms with Gasteiger partial charge in [-0.15, -0.1) is 0 Å². The van der Waals surface area contributed by atoms with Gasteiger partial charge in [0, 0.05) is 23.8 Å². The number of esters is 1. The average Bonchev–Trinajstić information content (AvgIpc) is 3.31. The number of rotatable bonds is 16. The number of sulfone groups is 1. The number of ether oxygens (including phenoxy) is 1. The molecule has 1 aromatic heterocycles. The molecule has 0 radical (unpaired) electrons. The molecule has 0 fully saturated rings. The van der Waals surface area contributed by atoms with Gasteiger partial charge in [0.1, 0.15) is 12.6 Å². The molecule has 38 heavy (non-hydrogen) atoms. The minimum Gasteiger partial charge on any atom is -0.475 e. The summed E-state index contributed by atoms with van der Waals surface area (Å²) in [5.41, 5.74) is 7.18. The minimum absolute atomic E-state index is 0.135. The maximum Gasteiger partial charge on any atom is 0.490 e. The Labute approximate surface area is 236 Å². The lowest BCUT2D eigenvalue weighted by Crippen LogP contribution is -2.44. The molecular formula is C21H33F3N2O7S5. The Morgan fingerprint density at radius 3 is 2.34 bits per heavy atom. The quantitative estimate of drug-likeness (QED) is 0.139. The van der Waals surface area contributed by atoms with Gasteiger partial charge >= 0.3 is 18.1 Å². The van der Waals surface area contributed by atoms with E-state index >= 15 is 0 Å². The first-order valence-electron chi connectivity index (χ1n) is 11.0. The number of thiophene rings is 1. The summed E-state index contributed by atoms with van der Waals surface area (Å²) in [5, 5.41) is 13.8. The van der Waals surface area contributed by atoms with E-state index in [4.69, 9.17) is 20.4 Å². The largest absolute Gasteiger partial charge is 0.490 e. The lowest BCUT2D eigenvalue weighted by Gasteiger charge is -2.19. The monoisotopic (exact) mass is 642 g/mol. The van der Waals surface area contributed by atoms with Crippen LogP contribution >= 0.6 is 44.7 Å². The second kappa shape index (κ2) is 19.0. The van der Waals surface area contributed by atoms with Crippen LogP contribution in [-0.2, 0) is 35.4 Å². The Bertz CT molecular complexity index is 948. The van der Waals surface area contributed by atoms with Crippen molar-refractivity contribution in [3.8, 4) is 0 Å². The van der Waals surface area contributed by atoms with E-state index in [0.717, 1.165) is 29.7 Å². The molecule has 0 aliphatic rings. The fourth-order valence-electron chi connectivity index (χ4n) is 2.35. The zero-order valence-electron chi connectivity index (χ0n) is 21.1. The molecule has 0 spiro atoms.